The number of methoxy groups -OCH3 is 1. The fourth-order valence-electron chi connectivity index (χ4n) is 2.33. The van der Waals surface area contributed by atoms with E-state index in [9.17, 15) is 9.59 Å². The highest BCUT2D eigenvalue weighted by Gasteiger charge is 2.23. The van der Waals surface area contributed by atoms with Crippen LogP contribution >= 0.6 is 0 Å². The maximum Gasteiger partial charge on any atom is 0.339 e. The molecule has 26 heavy (non-hydrogen) atoms. The Morgan fingerprint density at radius 1 is 1.08 bits per heavy atom. The molecule has 2 aromatic carbocycles. The van der Waals surface area contributed by atoms with E-state index in [-0.39, 0.29) is 5.56 Å². The topological polar surface area (TPSA) is 87.9 Å². The summed E-state index contributed by atoms with van der Waals surface area (Å²) in [6.45, 7) is 2.63. The van der Waals surface area contributed by atoms with Crippen LogP contribution in [-0.2, 0) is 9.53 Å². The van der Waals surface area contributed by atoms with Crippen molar-refractivity contribution >= 4 is 11.9 Å². The Morgan fingerprint density at radius 3 is 2.42 bits per heavy atom. The number of hydrogen-bond donors (Lipinski definition) is 1. The number of benzene rings is 2. The second-order valence-electron chi connectivity index (χ2n) is 5.67. The summed E-state index contributed by atoms with van der Waals surface area (Å²) < 4.78 is 16.2. The second kappa shape index (κ2) is 9.46. The first kappa shape index (κ1) is 19.3. The van der Waals surface area contributed by atoms with Gasteiger partial charge in [-0.3, -0.25) is 4.79 Å². The zero-order valence-corrected chi connectivity index (χ0v) is 14.9. The van der Waals surface area contributed by atoms with E-state index >= 15 is 0 Å². The third-order valence-corrected chi connectivity index (χ3v) is 3.74. The Balaban J connectivity index is 2.16. The number of rotatable bonds is 9. The van der Waals surface area contributed by atoms with Gasteiger partial charge in [-0.15, -0.1) is 0 Å². The molecule has 138 valence electrons. The van der Waals surface area contributed by atoms with Gasteiger partial charge in [0.1, 0.15) is 0 Å². The maximum absolute atomic E-state index is 12.4. The third kappa shape index (κ3) is 4.99. The monoisotopic (exact) mass is 357 g/mol. The van der Waals surface area contributed by atoms with Crippen molar-refractivity contribution in [3.63, 3.8) is 0 Å². The Bertz CT molecular complexity index is 745. The molecule has 6 heteroatoms. The van der Waals surface area contributed by atoms with Crippen LogP contribution in [0.3, 0.4) is 0 Å². The summed E-state index contributed by atoms with van der Waals surface area (Å²) >= 11 is 0. The van der Waals surface area contributed by atoms with E-state index in [0.717, 1.165) is 12.8 Å². The smallest absolute Gasteiger partial charge is 0.339 e. The van der Waals surface area contributed by atoms with Crippen molar-refractivity contribution in [2.75, 3.05) is 13.7 Å². The molecule has 0 saturated heterocycles. The van der Waals surface area contributed by atoms with Crippen molar-refractivity contribution in [1.29, 1.82) is 0 Å². The van der Waals surface area contributed by atoms with Gasteiger partial charge in [0, 0.05) is 5.56 Å². The van der Waals surface area contributed by atoms with Gasteiger partial charge in [-0.1, -0.05) is 43.7 Å². The second-order valence-corrected chi connectivity index (χ2v) is 5.67. The van der Waals surface area contributed by atoms with Gasteiger partial charge in [0.05, 0.1) is 19.3 Å². The molecule has 0 aliphatic rings. The lowest BCUT2D eigenvalue weighted by Gasteiger charge is -2.16. The minimum atomic E-state index is -1.16. The lowest BCUT2D eigenvalue weighted by atomic mass is 10.1. The molecule has 0 aromatic heterocycles. The molecule has 2 aromatic rings. The molecule has 0 fully saturated rings. The molecule has 0 bridgehead atoms. The summed E-state index contributed by atoms with van der Waals surface area (Å²) in [5, 5.41) is 0. The molecule has 0 heterocycles. The molecule has 1 unspecified atom stereocenters. The number of carbonyl (C=O) groups is 2. The molecule has 0 spiro atoms. The molecule has 1 amide bonds. The minimum Gasteiger partial charge on any atom is -0.493 e. The summed E-state index contributed by atoms with van der Waals surface area (Å²) in [5.74, 6) is -0.440. The summed E-state index contributed by atoms with van der Waals surface area (Å²) in [7, 11) is 1.49. The Hall–Kier alpha value is -3.02. The third-order valence-electron chi connectivity index (χ3n) is 3.74. The average molecular weight is 357 g/mol. The minimum absolute atomic E-state index is 0.242. The number of primary amides is 1. The zero-order valence-electron chi connectivity index (χ0n) is 14.9. The van der Waals surface area contributed by atoms with Gasteiger partial charge in [-0.05, 0) is 24.6 Å². The van der Waals surface area contributed by atoms with E-state index in [1.54, 1.807) is 42.5 Å². The molecule has 2 N–H and O–H groups in total. The summed E-state index contributed by atoms with van der Waals surface area (Å²) in [6.07, 6.45) is 0.778. The molecule has 0 radical (unpaired) electrons. The number of hydrogen-bond acceptors (Lipinski definition) is 5. The van der Waals surface area contributed by atoms with Crippen LogP contribution in [0.2, 0.25) is 0 Å². The predicted molar refractivity (Wildman–Crippen MR) is 97.2 cm³/mol. The number of carbonyl (C=O) groups excluding carboxylic acids is 2. The number of ether oxygens (including phenoxy) is 3. The van der Waals surface area contributed by atoms with Crippen LogP contribution in [-0.4, -0.2) is 25.6 Å². The first-order valence-corrected chi connectivity index (χ1v) is 8.43. The van der Waals surface area contributed by atoms with E-state index in [1.807, 2.05) is 0 Å². The van der Waals surface area contributed by atoms with Gasteiger partial charge < -0.3 is 19.9 Å². The first-order chi connectivity index (χ1) is 12.6. The quantitative estimate of drug-likeness (QED) is 0.550. The van der Waals surface area contributed by atoms with E-state index < -0.39 is 18.0 Å². The number of unbranched alkanes of at least 4 members (excludes halogenated alkanes) is 1. The van der Waals surface area contributed by atoms with Gasteiger partial charge in [0.25, 0.3) is 5.91 Å². The number of esters is 1. The standard InChI is InChI=1S/C20H23NO5/c1-3-4-12-25-16-11-10-15(13-17(16)24-2)20(23)26-18(19(21)22)14-8-6-5-7-9-14/h5-11,13,18H,3-4,12H2,1-2H3,(H2,21,22). The molecule has 6 nitrogen and oxygen atoms in total. The lowest BCUT2D eigenvalue weighted by Crippen LogP contribution is -2.26. The van der Waals surface area contributed by atoms with Crippen molar-refractivity contribution in [2.24, 2.45) is 5.73 Å². The molecular formula is C20H23NO5. The largest absolute Gasteiger partial charge is 0.493 e. The normalized spacial score (nSPS) is 11.5. The number of amides is 1. The van der Waals surface area contributed by atoms with Crippen molar-refractivity contribution < 1.29 is 23.8 Å². The highest BCUT2D eigenvalue weighted by molar-refractivity contribution is 5.93. The van der Waals surface area contributed by atoms with Crippen LogP contribution in [0.4, 0.5) is 0 Å². The Morgan fingerprint density at radius 2 is 1.81 bits per heavy atom. The average Bonchev–Trinajstić information content (AvgIpc) is 2.66. The first-order valence-electron chi connectivity index (χ1n) is 8.43. The molecule has 0 aliphatic heterocycles. The van der Waals surface area contributed by atoms with Crippen LogP contribution in [0.1, 0.15) is 41.8 Å². The summed E-state index contributed by atoms with van der Waals surface area (Å²) in [6, 6.07) is 13.4. The van der Waals surface area contributed by atoms with Crippen molar-refractivity contribution in [2.45, 2.75) is 25.9 Å². The molecule has 0 saturated carbocycles. The SMILES string of the molecule is CCCCOc1ccc(C(=O)OC(C(N)=O)c2ccccc2)cc1OC. The van der Waals surface area contributed by atoms with Gasteiger partial charge in [-0.25, -0.2) is 4.79 Å². The van der Waals surface area contributed by atoms with E-state index in [2.05, 4.69) is 6.92 Å². The van der Waals surface area contributed by atoms with E-state index in [4.69, 9.17) is 19.9 Å². The lowest BCUT2D eigenvalue weighted by molar-refractivity contribution is -0.127. The van der Waals surface area contributed by atoms with Crippen LogP contribution in [0.5, 0.6) is 11.5 Å². The summed E-state index contributed by atoms with van der Waals surface area (Å²) in [4.78, 5) is 24.1. The van der Waals surface area contributed by atoms with Crippen molar-refractivity contribution in [1.82, 2.24) is 0 Å². The maximum atomic E-state index is 12.4. The zero-order chi connectivity index (χ0) is 18.9. The molecule has 1 atom stereocenters. The fraction of sp³-hybridized carbons (Fsp3) is 0.300. The molecular weight excluding hydrogens is 334 g/mol. The highest BCUT2D eigenvalue weighted by atomic mass is 16.5. The predicted octanol–water partition coefficient (Wildman–Crippen LogP) is 3.26. The fourth-order valence-corrected chi connectivity index (χ4v) is 2.33. The Labute approximate surface area is 152 Å². The van der Waals surface area contributed by atoms with E-state index in [1.165, 1.54) is 13.2 Å². The van der Waals surface area contributed by atoms with Crippen LogP contribution in [0.15, 0.2) is 48.5 Å². The highest BCUT2D eigenvalue weighted by Crippen LogP contribution is 2.29. The summed E-state index contributed by atoms with van der Waals surface area (Å²) in [5.41, 5.74) is 6.14. The number of nitrogens with two attached hydrogens (primary N) is 1. The van der Waals surface area contributed by atoms with Gasteiger partial charge in [0.15, 0.2) is 11.5 Å². The van der Waals surface area contributed by atoms with Crippen LogP contribution in [0, 0.1) is 0 Å². The van der Waals surface area contributed by atoms with Crippen LogP contribution < -0.4 is 15.2 Å². The van der Waals surface area contributed by atoms with E-state index in [0.29, 0.717) is 23.7 Å². The van der Waals surface area contributed by atoms with Gasteiger partial charge in [-0.2, -0.15) is 0 Å². The van der Waals surface area contributed by atoms with Gasteiger partial charge in [0.2, 0.25) is 6.10 Å². The Kier molecular flexibility index (Phi) is 7.02. The van der Waals surface area contributed by atoms with Gasteiger partial charge >= 0.3 is 5.97 Å². The molecule has 0 aliphatic carbocycles. The van der Waals surface area contributed by atoms with Crippen LogP contribution in [0.25, 0.3) is 0 Å². The van der Waals surface area contributed by atoms with Crippen molar-refractivity contribution in [3.05, 3.63) is 59.7 Å². The van der Waals surface area contributed by atoms with Crippen molar-refractivity contribution in [3.8, 4) is 11.5 Å². The molecule has 2 rings (SSSR count).